The van der Waals surface area contributed by atoms with Crippen molar-refractivity contribution in [3.8, 4) is 5.75 Å². The van der Waals surface area contributed by atoms with E-state index in [4.69, 9.17) is 9.84 Å². The Morgan fingerprint density at radius 1 is 1.21 bits per heavy atom. The largest absolute Gasteiger partial charge is 0.486 e. The number of aryl methyl sites for hydroxylation is 2. The number of carbonyl (C=O) groups excluding carboxylic acids is 1. The van der Waals surface area contributed by atoms with Crippen molar-refractivity contribution in [1.29, 1.82) is 0 Å². The number of pyridine rings is 2. The molecule has 5 heterocycles. The molecule has 0 bridgehead atoms. The van der Waals surface area contributed by atoms with Crippen molar-refractivity contribution >= 4 is 28.1 Å². The van der Waals surface area contributed by atoms with Crippen LogP contribution in [0.1, 0.15) is 34.5 Å². The number of nitrogens with one attached hydrogen (secondary N) is 2. The zero-order valence-corrected chi connectivity index (χ0v) is 21.3. The van der Waals surface area contributed by atoms with E-state index in [0.717, 1.165) is 34.4 Å². The van der Waals surface area contributed by atoms with Crippen LogP contribution in [0.4, 0.5) is 5.69 Å². The number of ether oxygens (including phenoxy) is 1. The minimum Gasteiger partial charge on any atom is -0.486 e. The van der Waals surface area contributed by atoms with Gasteiger partial charge in [-0.3, -0.25) is 18.9 Å². The summed E-state index contributed by atoms with van der Waals surface area (Å²) >= 11 is 0. The summed E-state index contributed by atoms with van der Waals surface area (Å²) < 4.78 is 9.57. The highest BCUT2D eigenvalue weighted by Crippen LogP contribution is 2.29. The van der Waals surface area contributed by atoms with Crippen LogP contribution in [-0.4, -0.2) is 60.5 Å². The molecule has 1 aliphatic heterocycles. The Morgan fingerprint density at radius 3 is 2.87 bits per heavy atom. The van der Waals surface area contributed by atoms with Crippen LogP contribution in [0.3, 0.4) is 0 Å². The first kappa shape index (κ1) is 24.1. The number of anilines is 1. The van der Waals surface area contributed by atoms with E-state index < -0.39 is 6.10 Å². The molecule has 1 aliphatic rings. The average molecular weight is 512 g/mol. The molecule has 0 aliphatic carbocycles. The lowest BCUT2D eigenvalue weighted by Gasteiger charge is -2.16. The number of nitrogens with zero attached hydrogens (tertiary/aromatic N) is 5. The maximum Gasteiger partial charge on any atom is 0.274 e. The summed E-state index contributed by atoms with van der Waals surface area (Å²) in [5, 5.41) is 22.0. The Bertz CT molecular complexity index is 1640. The average Bonchev–Trinajstić information content (AvgIpc) is 3.61. The molecule has 10 nitrogen and oxygen atoms in total. The monoisotopic (exact) mass is 511 g/mol. The maximum atomic E-state index is 13.4. The summed E-state index contributed by atoms with van der Waals surface area (Å²) in [6.45, 7) is 5.66. The zero-order valence-electron chi connectivity index (χ0n) is 21.3. The number of hydrogen-bond acceptors (Lipinski definition) is 7. The quantitative estimate of drug-likeness (QED) is 0.307. The van der Waals surface area contributed by atoms with E-state index in [9.17, 15) is 9.90 Å². The Balaban J connectivity index is 1.27. The van der Waals surface area contributed by atoms with Gasteiger partial charge in [-0.15, -0.1) is 0 Å². The van der Waals surface area contributed by atoms with Gasteiger partial charge in [0.2, 0.25) is 0 Å². The molecule has 3 N–H and O–H groups in total. The standard InChI is InChI=1S/C28H29N7O3/c1-3-20-27-21(8-5-9-22(27)35(33-20)16-18-7-4-6-17(2)31-18)32-28(37)23-13-30-26-12-19(10-11-34(23)26)38-25-15-29-14-24(25)36/h4-13,24-25,29,36H,3,14-16H2,1-2H3,(H,32,37)/t24-,25-/m1/s1. The molecule has 5 aromatic rings. The van der Waals surface area contributed by atoms with Crippen LogP contribution < -0.4 is 15.4 Å². The van der Waals surface area contributed by atoms with E-state index in [-0.39, 0.29) is 12.0 Å². The highest BCUT2D eigenvalue weighted by atomic mass is 16.5. The summed E-state index contributed by atoms with van der Waals surface area (Å²) in [6.07, 6.45) is 3.16. The molecule has 0 spiro atoms. The highest BCUT2D eigenvalue weighted by molar-refractivity contribution is 6.08. The second kappa shape index (κ2) is 9.88. The molecule has 0 saturated carbocycles. The molecule has 0 unspecified atom stereocenters. The van der Waals surface area contributed by atoms with Gasteiger partial charge < -0.3 is 20.5 Å². The van der Waals surface area contributed by atoms with E-state index in [1.165, 1.54) is 0 Å². The molecule has 194 valence electrons. The molecule has 0 radical (unpaired) electrons. The van der Waals surface area contributed by atoms with E-state index in [1.807, 2.05) is 48.0 Å². The number of hydrogen-bond donors (Lipinski definition) is 3. The molecule has 1 amide bonds. The molecule has 6 rings (SSSR count). The van der Waals surface area contributed by atoms with Gasteiger partial charge >= 0.3 is 0 Å². The van der Waals surface area contributed by atoms with Gasteiger partial charge in [0.05, 0.1) is 35.3 Å². The first-order valence-corrected chi connectivity index (χ1v) is 12.7. The number of β-amino-alcohol motifs (C(OH)–C–C–N with tert-alkyl or cyclic N) is 1. The fourth-order valence-corrected chi connectivity index (χ4v) is 4.95. The van der Waals surface area contributed by atoms with E-state index >= 15 is 0 Å². The Labute approximate surface area is 219 Å². The van der Waals surface area contributed by atoms with Crippen LogP contribution in [0.25, 0.3) is 16.6 Å². The van der Waals surface area contributed by atoms with Gasteiger partial charge in [-0.2, -0.15) is 5.10 Å². The number of rotatable bonds is 7. The van der Waals surface area contributed by atoms with Crippen molar-refractivity contribution in [2.75, 3.05) is 18.4 Å². The number of benzene rings is 1. The van der Waals surface area contributed by atoms with Gasteiger partial charge in [0.15, 0.2) is 0 Å². The third kappa shape index (κ3) is 4.48. The zero-order chi connectivity index (χ0) is 26.2. The summed E-state index contributed by atoms with van der Waals surface area (Å²) in [5.41, 5.74) is 5.42. The van der Waals surface area contributed by atoms with Crippen LogP contribution >= 0.6 is 0 Å². The van der Waals surface area contributed by atoms with Crippen LogP contribution in [0.5, 0.6) is 5.75 Å². The lowest BCUT2D eigenvalue weighted by atomic mass is 10.1. The highest BCUT2D eigenvalue weighted by Gasteiger charge is 2.27. The molecule has 1 fully saturated rings. The molecule has 38 heavy (non-hydrogen) atoms. The number of aromatic nitrogens is 5. The van der Waals surface area contributed by atoms with Crippen LogP contribution in [0, 0.1) is 6.92 Å². The van der Waals surface area contributed by atoms with Gasteiger partial charge in [0.1, 0.15) is 29.3 Å². The molecular weight excluding hydrogens is 482 g/mol. The first-order chi connectivity index (χ1) is 18.5. The van der Waals surface area contributed by atoms with Crippen molar-refractivity contribution in [3.05, 3.63) is 83.7 Å². The molecule has 1 aromatic carbocycles. The number of fused-ring (bicyclic) bond motifs is 2. The summed E-state index contributed by atoms with van der Waals surface area (Å²) in [5.74, 6) is 0.319. The van der Waals surface area contributed by atoms with Gasteiger partial charge in [0, 0.05) is 36.4 Å². The topological polar surface area (TPSA) is 119 Å². The van der Waals surface area contributed by atoms with Gasteiger partial charge in [0.25, 0.3) is 5.91 Å². The molecule has 2 atom stereocenters. The summed E-state index contributed by atoms with van der Waals surface area (Å²) in [7, 11) is 0. The van der Waals surface area contributed by atoms with Gasteiger partial charge in [-0.25, -0.2) is 4.98 Å². The summed E-state index contributed by atoms with van der Waals surface area (Å²) in [4.78, 5) is 22.4. The van der Waals surface area contributed by atoms with Gasteiger partial charge in [-0.1, -0.05) is 19.1 Å². The van der Waals surface area contributed by atoms with E-state index in [0.29, 0.717) is 42.4 Å². The Kier molecular flexibility index (Phi) is 6.26. The van der Waals surface area contributed by atoms with Crippen molar-refractivity contribution in [2.45, 2.75) is 39.0 Å². The number of imidazole rings is 1. The molecule has 1 saturated heterocycles. The van der Waals surface area contributed by atoms with E-state index in [2.05, 4.69) is 27.5 Å². The smallest absolute Gasteiger partial charge is 0.274 e. The number of carbonyl (C=O) groups is 1. The Morgan fingerprint density at radius 2 is 2.08 bits per heavy atom. The fraction of sp³-hybridized carbons (Fsp3) is 0.286. The van der Waals surface area contributed by atoms with Crippen molar-refractivity contribution < 1.29 is 14.6 Å². The molecule has 4 aromatic heterocycles. The maximum absolute atomic E-state index is 13.4. The predicted octanol–water partition coefficient (Wildman–Crippen LogP) is 2.96. The fourth-order valence-electron chi connectivity index (χ4n) is 4.95. The SMILES string of the molecule is CCc1nn(Cc2cccc(C)n2)c2cccc(NC(=O)c3cnc4cc(O[C@@H]5CNC[C@H]5O)ccn34)c12. The van der Waals surface area contributed by atoms with Crippen LogP contribution in [-0.2, 0) is 13.0 Å². The predicted molar refractivity (Wildman–Crippen MR) is 144 cm³/mol. The number of amides is 1. The first-order valence-electron chi connectivity index (χ1n) is 12.7. The minimum absolute atomic E-state index is 0.274. The normalized spacial score (nSPS) is 17.3. The second-order valence-corrected chi connectivity index (χ2v) is 9.50. The third-order valence-electron chi connectivity index (χ3n) is 6.82. The van der Waals surface area contributed by atoms with Crippen LogP contribution in [0.2, 0.25) is 0 Å². The lowest BCUT2D eigenvalue weighted by Crippen LogP contribution is -2.29. The summed E-state index contributed by atoms with van der Waals surface area (Å²) in [6, 6.07) is 15.3. The lowest BCUT2D eigenvalue weighted by molar-refractivity contribution is 0.0738. The Hall–Kier alpha value is -4.28. The third-order valence-corrected chi connectivity index (χ3v) is 6.82. The van der Waals surface area contributed by atoms with Gasteiger partial charge in [-0.05, 0) is 43.7 Å². The minimum atomic E-state index is -0.555. The number of aliphatic hydroxyl groups excluding tert-OH is 1. The number of aliphatic hydroxyl groups is 1. The van der Waals surface area contributed by atoms with Crippen molar-refractivity contribution in [1.82, 2.24) is 29.5 Å². The molecular formula is C28H29N7O3. The van der Waals surface area contributed by atoms with E-state index in [1.54, 1.807) is 28.9 Å². The van der Waals surface area contributed by atoms with Crippen molar-refractivity contribution in [2.24, 2.45) is 0 Å². The second-order valence-electron chi connectivity index (χ2n) is 9.50. The van der Waals surface area contributed by atoms with Crippen LogP contribution in [0.15, 0.2) is 60.9 Å². The molecule has 10 heteroatoms. The van der Waals surface area contributed by atoms with Crippen molar-refractivity contribution in [3.63, 3.8) is 0 Å².